The minimum absolute atomic E-state index is 0.0457. The van der Waals surface area contributed by atoms with Gasteiger partial charge in [0.1, 0.15) is 11.1 Å². The number of hydrogen-bond donors (Lipinski definition) is 1. The van der Waals surface area contributed by atoms with Gasteiger partial charge >= 0.3 is 0 Å². The minimum atomic E-state index is -0.395. The number of aliphatic imine (C=N–C) groups is 1. The van der Waals surface area contributed by atoms with Gasteiger partial charge < -0.3 is 4.98 Å². The average Bonchev–Trinajstić information content (AvgIpc) is 3.26. The molecule has 2 heterocycles. The quantitative estimate of drug-likeness (QED) is 0.440. The molecule has 4 rings (SSSR count). The first-order chi connectivity index (χ1) is 11.7. The van der Waals surface area contributed by atoms with E-state index in [1.807, 2.05) is 0 Å². The predicted octanol–water partition coefficient (Wildman–Crippen LogP) is 4.25. The molecule has 1 aromatic carbocycles. The van der Waals surface area contributed by atoms with E-state index in [1.54, 1.807) is 35.9 Å². The van der Waals surface area contributed by atoms with E-state index in [0.717, 1.165) is 24.8 Å². The molecule has 7 heteroatoms. The van der Waals surface area contributed by atoms with Gasteiger partial charge in [-0.2, -0.15) is 5.26 Å². The van der Waals surface area contributed by atoms with Crippen molar-refractivity contribution in [3.63, 3.8) is 0 Å². The normalized spacial score (nSPS) is 13.5. The van der Waals surface area contributed by atoms with Gasteiger partial charge in [-0.05, 0) is 30.9 Å². The summed E-state index contributed by atoms with van der Waals surface area (Å²) in [6.07, 6.45) is 6.34. The largest absolute Gasteiger partial charge is 0.360 e. The highest BCUT2D eigenvalue weighted by Gasteiger charge is 2.22. The van der Waals surface area contributed by atoms with E-state index in [9.17, 15) is 15.4 Å². The lowest BCUT2D eigenvalue weighted by Crippen LogP contribution is -1.90. The van der Waals surface area contributed by atoms with Crippen molar-refractivity contribution in [2.24, 2.45) is 4.99 Å². The molecule has 118 valence electrons. The van der Waals surface area contributed by atoms with Crippen LogP contribution in [0.3, 0.4) is 0 Å². The summed E-state index contributed by atoms with van der Waals surface area (Å²) >= 11 is 1.55. The highest BCUT2D eigenvalue weighted by molar-refractivity contribution is 7.16. The Hall–Kier alpha value is -2.98. The standard InChI is InChI=1S/C17H12N4O2S/c18-7-12-11-3-1-6-15(11)24-17(12)20-9-10-8-19-13-4-2-5-14(16(10)13)21(22)23/h2,4-5,8-9,19H,1,3,6H2/b20-9+. The molecule has 6 nitrogen and oxygen atoms in total. The van der Waals surface area contributed by atoms with Gasteiger partial charge in [0, 0.05) is 28.9 Å². The predicted molar refractivity (Wildman–Crippen MR) is 93.3 cm³/mol. The zero-order chi connectivity index (χ0) is 16.7. The molecule has 0 radical (unpaired) electrons. The van der Waals surface area contributed by atoms with Crippen LogP contribution in [0, 0.1) is 21.4 Å². The molecule has 0 unspecified atom stereocenters. The van der Waals surface area contributed by atoms with Crippen LogP contribution >= 0.6 is 11.3 Å². The minimum Gasteiger partial charge on any atom is -0.360 e. The number of H-pyrrole nitrogens is 1. The summed E-state index contributed by atoms with van der Waals surface area (Å²) in [6, 6.07) is 7.17. The third kappa shape index (κ3) is 2.20. The van der Waals surface area contributed by atoms with Gasteiger partial charge in [0.05, 0.1) is 21.4 Å². The van der Waals surface area contributed by atoms with Gasteiger partial charge in [-0.3, -0.25) is 10.1 Å². The smallest absolute Gasteiger partial charge is 0.279 e. The van der Waals surface area contributed by atoms with Crippen LogP contribution in [0.5, 0.6) is 0 Å². The molecule has 0 bridgehead atoms. The third-order valence-electron chi connectivity index (χ3n) is 4.25. The van der Waals surface area contributed by atoms with Crippen LogP contribution in [0.2, 0.25) is 0 Å². The molecule has 3 aromatic rings. The van der Waals surface area contributed by atoms with E-state index in [2.05, 4.69) is 16.0 Å². The van der Waals surface area contributed by atoms with Crippen LogP contribution in [0.4, 0.5) is 10.7 Å². The maximum absolute atomic E-state index is 11.2. The Morgan fingerprint density at radius 1 is 1.42 bits per heavy atom. The van der Waals surface area contributed by atoms with E-state index >= 15 is 0 Å². The number of nitrogens with zero attached hydrogens (tertiary/aromatic N) is 3. The van der Waals surface area contributed by atoms with Crippen molar-refractivity contribution in [2.75, 3.05) is 0 Å². The van der Waals surface area contributed by atoms with Crippen LogP contribution < -0.4 is 0 Å². The van der Waals surface area contributed by atoms with E-state index in [-0.39, 0.29) is 5.69 Å². The summed E-state index contributed by atoms with van der Waals surface area (Å²) in [5.41, 5.74) is 3.16. The number of aromatic amines is 1. The first kappa shape index (κ1) is 14.6. The fourth-order valence-electron chi connectivity index (χ4n) is 3.17. The summed E-state index contributed by atoms with van der Waals surface area (Å²) in [4.78, 5) is 19.6. The maximum Gasteiger partial charge on any atom is 0.279 e. The van der Waals surface area contributed by atoms with Crippen LogP contribution in [0.15, 0.2) is 29.4 Å². The van der Waals surface area contributed by atoms with Gasteiger partial charge in [-0.15, -0.1) is 11.3 Å². The number of non-ortho nitro benzene ring substituents is 1. The number of aryl methyl sites for hydroxylation is 1. The SMILES string of the molecule is N#Cc1c(/N=C/c2c[nH]c3cccc([N+](=O)[O-])c23)sc2c1CCC2. The van der Waals surface area contributed by atoms with E-state index in [1.165, 1.54) is 10.9 Å². The first-order valence-electron chi connectivity index (χ1n) is 7.52. The molecule has 0 saturated heterocycles. The van der Waals surface area contributed by atoms with Crippen molar-refractivity contribution in [3.05, 3.63) is 56.1 Å². The number of aromatic nitrogens is 1. The maximum atomic E-state index is 11.2. The van der Waals surface area contributed by atoms with E-state index in [4.69, 9.17) is 0 Å². The Morgan fingerprint density at radius 3 is 3.08 bits per heavy atom. The Bertz CT molecular complexity index is 1040. The van der Waals surface area contributed by atoms with Crippen molar-refractivity contribution in [1.29, 1.82) is 5.26 Å². The number of nitriles is 1. The number of nitro groups is 1. The molecule has 2 aromatic heterocycles. The molecule has 1 aliphatic rings. The molecule has 0 atom stereocenters. The van der Waals surface area contributed by atoms with Gasteiger partial charge in [0.2, 0.25) is 0 Å². The number of hydrogen-bond acceptors (Lipinski definition) is 5. The van der Waals surface area contributed by atoms with Gasteiger partial charge in [-0.25, -0.2) is 4.99 Å². The zero-order valence-corrected chi connectivity index (χ0v) is 13.4. The summed E-state index contributed by atoms with van der Waals surface area (Å²) in [6.45, 7) is 0. The molecule has 0 spiro atoms. The number of nitrogens with one attached hydrogen (secondary N) is 1. The lowest BCUT2D eigenvalue weighted by molar-refractivity contribution is -0.383. The number of thiophene rings is 1. The Labute approximate surface area is 141 Å². The number of nitro benzene ring substituents is 1. The molecular formula is C17H12N4O2S. The topological polar surface area (TPSA) is 95.1 Å². The summed E-state index contributed by atoms with van der Waals surface area (Å²) in [5.74, 6) is 0. The Morgan fingerprint density at radius 2 is 2.29 bits per heavy atom. The first-order valence-corrected chi connectivity index (χ1v) is 8.34. The molecule has 0 fully saturated rings. The van der Waals surface area contributed by atoms with Crippen molar-refractivity contribution in [1.82, 2.24) is 4.98 Å². The van der Waals surface area contributed by atoms with Gasteiger partial charge in [0.25, 0.3) is 5.69 Å². The van der Waals surface area contributed by atoms with Crippen LogP contribution in [0.25, 0.3) is 10.9 Å². The molecule has 0 saturated carbocycles. The van der Waals surface area contributed by atoms with Crippen molar-refractivity contribution < 1.29 is 4.92 Å². The average molecular weight is 336 g/mol. The highest BCUT2D eigenvalue weighted by Crippen LogP contribution is 2.40. The fourth-order valence-corrected chi connectivity index (χ4v) is 4.35. The zero-order valence-electron chi connectivity index (χ0n) is 12.6. The van der Waals surface area contributed by atoms with Crippen LogP contribution in [-0.4, -0.2) is 16.1 Å². The molecular weight excluding hydrogens is 324 g/mol. The van der Waals surface area contributed by atoms with Crippen molar-refractivity contribution in [3.8, 4) is 6.07 Å². The Kier molecular flexibility index (Phi) is 3.40. The number of rotatable bonds is 3. The fraction of sp³-hybridized carbons (Fsp3) is 0.176. The van der Waals surface area contributed by atoms with Crippen LogP contribution in [0.1, 0.15) is 28.0 Å². The molecule has 1 N–H and O–H groups in total. The van der Waals surface area contributed by atoms with Crippen molar-refractivity contribution >= 4 is 39.1 Å². The van der Waals surface area contributed by atoms with E-state index < -0.39 is 4.92 Å². The molecule has 1 aliphatic carbocycles. The van der Waals surface area contributed by atoms with Crippen LogP contribution in [-0.2, 0) is 12.8 Å². The highest BCUT2D eigenvalue weighted by atomic mass is 32.1. The lowest BCUT2D eigenvalue weighted by Gasteiger charge is -1.96. The Balaban J connectivity index is 1.80. The van der Waals surface area contributed by atoms with E-state index in [0.29, 0.717) is 27.0 Å². The number of benzene rings is 1. The van der Waals surface area contributed by atoms with Gasteiger partial charge in [0.15, 0.2) is 0 Å². The molecule has 0 amide bonds. The second-order valence-electron chi connectivity index (χ2n) is 5.61. The lowest BCUT2D eigenvalue weighted by atomic mass is 10.1. The second kappa shape index (κ2) is 5.58. The third-order valence-corrected chi connectivity index (χ3v) is 5.45. The summed E-state index contributed by atoms with van der Waals surface area (Å²) < 4.78 is 0. The molecule has 24 heavy (non-hydrogen) atoms. The number of fused-ring (bicyclic) bond motifs is 2. The van der Waals surface area contributed by atoms with Gasteiger partial charge in [-0.1, -0.05) is 6.07 Å². The van der Waals surface area contributed by atoms with Crippen molar-refractivity contribution in [2.45, 2.75) is 19.3 Å². The summed E-state index contributed by atoms with van der Waals surface area (Å²) in [7, 11) is 0. The summed E-state index contributed by atoms with van der Waals surface area (Å²) in [5, 5.41) is 21.9. The monoisotopic (exact) mass is 336 g/mol. The second-order valence-corrected chi connectivity index (χ2v) is 6.69. The molecule has 0 aliphatic heterocycles.